The van der Waals surface area contributed by atoms with Gasteiger partial charge in [0.15, 0.2) is 17.5 Å². The molecular formula is C64H38N4O2. The molecule has 0 unspecified atom stereocenters. The maximum Gasteiger partial charge on any atom is 0.164 e. The Morgan fingerprint density at radius 2 is 0.929 bits per heavy atom. The summed E-state index contributed by atoms with van der Waals surface area (Å²) < 4.78 is 15.9. The zero-order chi connectivity index (χ0) is 45.9. The highest BCUT2D eigenvalue weighted by Crippen LogP contribution is 2.63. The van der Waals surface area contributed by atoms with Crippen LogP contribution >= 0.6 is 0 Å². The van der Waals surface area contributed by atoms with E-state index in [0.29, 0.717) is 17.5 Å². The molecule has 70 heavy (non-hydrogen) atoms. The molecule has 10 aromatic carbocycles. The van der Waals surface area contributed by atoms with Crippen LogP contribution in [0, 0.1) is 0 Å². The highest BCUT2D eigenvalue weighted by Gasteiger charge is 2.52. The lowest BCUT2D eigenvalue weighted by molar-refractivity contribution is 0.436. The van der Waals surface area contributed by atoms with Gasteiger partial charge in [-0.3, -0.25) is 0 Å². The number of aromatic nitrogens is 4. The van der Waals surface area contributed by atoms with E-state index in [1.54, 1.807) is 0 Å². The third kappa shape index (κ3) is 5.53. The van der Waals surface area contributed by atoms with E-state index in [1.807, 2.05) is 36.4 Å². The molecule has 0 saturated carbocycles. The molecule has 1 spiro atoms. The SMILES string of the molecule is c1ccc(-c2nc(-c3ccccc3)nc(-c3cccc4c3-c3cc(-c5ccc6c(c5)oc5cc7c8ccccc8n(-c8ccccc8)c7cc56)ccc3C43c4ccccc4Oc4ccccc43)n2)cc1. The van der Waals surface area contributed by atoms with Crippen LogP contribution in [0.15, 0.2) is 235 Å². The second-order valence-electron chi connectivity index (χ2n) is 18.2. The second-order valence-corrected chi connectivity index (χ2v) is 18.2. The van der Waals surface area contributed by atoms with Crippen molar-refractivity contribution in [1.82, 2.24) is 19.5 Å². The van der Waals surface area contributed by atoms with Gasteiger partial charge in [-0.15, -0.1) is 0 Å². The monoisotopic (exact) mass is 894 g/mol. The van der Waals surface area contributed by atoms with Crippen molar-refractivity contribution >= 4 is 43.7 Å². The minimum atomic E-state index is -0.697. The molecule has 0 atom stereocenters. The molecular weight excluding hydrogens is 857 g/mol. The topological polar surface area (TPSA) is 66.0 Å². The average molecular weight is 895 g/mol. The van der Waals surface area contributed by atoms with Crippen molar-refractivity contribution in [2.75, 3.05) is 0 Å². The largest absolute Gasteiger partial charge is 0.457 e. The lowest BCUT2D eigenvalue weighted by Crippen LogP contribution is -2.32. The minimum absolute atomic E-state index is 0.607. The molecule has 0 bridgehead atoms. The summed E-state index contributed by atoms with van der Waals surface area (Å²) in [7, 11) is 0. The lowest BCUT2D eigenvalue weighted by Gasteiger charge is -2.39. The molecule has 4 heterocycles. The van der Waals surface area contributed by atoms with E-state index in [9.17, 15) is 0 Å². The van der Waals surface area contributed by atoms with Gasteiger partial charge in [-0.05, 0) is 94.0 Å². The molecule has 15 rings (SSSR count). The number of ether oxygens (including phenoxy) is 1. The standard InChI is InChI=1S/C64H38N4O2/c1-4-17-39(18-5-1)61-65-62(40-19-6-2-7-20-40)67-63(66-61)46-24-16-27-53-60(46)49-35-41(32-34-50(49)64(53)51-25-11-14-29-56(51)69-57-30-15-12-26-52(57)64)42-31-33-45-48-37-55-47(38-59(48)70-58(45)36-42)44-23-10-13-28-54(44)68(55)43-21-8-3-9-22-43/h1-38H. The summed E-state index contributed by atoms with van der Waals surface area (Å²) in [5, 5.41) is 4.52. The minimum Gasteiger partial charge on any atom is -0.457 e. The predicted octanol–water partition coefficient (Wildman–Crippen LogP) is 16.0. The third-order valence-corrected chi connectivity index (χ3v) is 14.5. The Bertz CT molecular complexity index is 4170. The first kappa shape index (κ1) is 38.7. The van der Waals surface area contributed by atoms with Crippen LogP contribution in [-0.2, 0) is 5.41 Å². The quantitative estimate of drug-likeness (QED) is 0.172. The summed E-state index contributed by atoms with van der Waals surface area (Å²) in [6.45, 7) is 0. The van der Waals surface area contributed by atoms with Crippen LogP contribution in [0.3, 0.4) is 0 Å². The first-order chi connectivity index (χ1) is 34.7. The summed E-state index contributed by atoms with van der Waals surface area (Å²) in [4.78, 5) is 15.7. The van der Waals surface area contributed by atoms with E-state index in [0.717, 1.165) is 106 Å². The summed E-state index contributed by atoms with van der Waals surface area (Å²) in [6, 6.07) is 81.2. The fourth-order valence-corrected chi connectivity index (χ4v) is 11.5. The Kier molecular flexibility index (Phi) is 8.18. The summed E-state index contributed by atoms with van der Waals surface area (Å²) in [6.07, 6.45) is 0. The molecule has 3 aromatic heterocycles. The van der Waals surface area contributed by atoms with E-state index >= 15 is 0 Å². The normalized spacial score (nSPS) is 13.1. The van der Waals surface area contributed by atoms with Crippen LogP contribution in [0.5, 0.6) is 11.5 Å². The van der Waals surface area contributed by atoms with Gasteiger partial charge in [0.25, 0.3) is 0 Å². The lowest BCUT2D eigenvalue weighted by atomic mass is 9.66. The van der Waals surface area contributed by atoms with Gasteiger partial charge in [0.2, 0.25) is 0 Å². The van der Waals surface area contributed by atoms with Gasteiger partial charge >= 0.3 is 0 Å². The number of benzene rings is 10. The van der Waals surface area contributed by atoms with Gasteiger partial charge in [-0.25, -0.2) is 15.0 Å². The van der Waals surface area contributed by atoms with Crippen LogP contribution in [0.1, 0.15) is 22.3 Å². The summed E-state index contributed by atoms with van der Waals surface area (Å²) in [5.41, 5.74) is 16.1. The molecule has 0 amide bonds. The number of nitrogens with zero attached hydrogens (tertiary/aromatic N) is 4. The zero-order valence-corrected chi connectivity index (χ0v) is 37.5. The number of hydrogen-bond acceptors (Lipinski definition) is 5. The second kappa shape index (κ2) is 14.8. The van der Waals surface area contributed by atoms with Crippen LogP contribution in [0.25, 0.3) is 106 Å². The summed E-state index contributed by atoms with van der Waals surface area (Å²) >= 11 is 0. The van der Waals surface area contributed by atoms with Gasteiger partial charge in [-0.2, -0.15) is 0 Å². The Morgan fingerprint density at radius 3 is 1.66 bits per heavy atom. The van der Waals surface area contributed by atoms with Gasteiger partial charge in [0.1, 0.15) is 22.7 Å². The number of para-hydroxylation sites is 4. The molecule has 1 aliphatic heterocycles. The van der Waals surface area contributed by atoms with Gasteiger partial charge in [-0.1, -0.05) is 170 Å². The Hall–Kier alpha value is -9.39. The van der Waals surface area contributed by atoms with Crippen molar-refractivity contribution in [3.8, 4) is 73.6 Å². The Morgan fingerprint density at radius 1 is 0.343 bits per heavy atom. The van der Waals surface area contributed by atoms with E-state index in [-0.39, 0.29) is 0 Å². The molecule has 0 N–H and O–H groups in total. The molecule has 0 radical (unpaired) electrons. The molecule has 1 aliphatic carbocycles. The fourth-order valence-electron chi connectivity index (χ4n) is 11.5. The van der Waals surface area contributed by atoms with Crippen LogP contribution in [0.4, 0.5) is 0 Å². The molecule has 2 aliphatic rings. The van der Waals surface area contributed by atoms with Gasteiger partial charge in [0, 0.05) is 55.0 Å². The zero-order valence-electron chi connectivity index (χ0n) is 37.5. The summed E-state index contributed by atoms with van der Waals surface area (Å²) in [5.74, 6) is 3.52. The predicted molar refractivity (Wildman–Crippen MR) is 281 cm³/mol. The average Bonchev–Trinajstić information content (AvgIpc) is 4.06. The van der Waals surface area contributed by atoms with Crippen molar-refractivity contribution < 1.29 is 9.15 Å². The van der Waals surface area contributed by atoms with Crippen molar-refractivity contribution in [2.24, 2.45) is 0 Å². The highest BCUT2D eigenvalue weighted by atomic mass is 16.5. The van der Waals surface area contributed by atoms with Crippen LogP contribution < -0.4 is 4.74 Å². The van der Waals surface area contributed by atoms with Gasteiger partial charge in [0.05, 0.1) is 16.4 Å². The molecule has 13 aromatic rings. The highest BCUT2D eigenvalue weighted by molar-refractivity contribution is 6.17. The van der Waals surface area contributed by atoms with Crippen LogP contribution in [-0.4, -0.2) is 19.5 Å². The van der Waals surface area contributed by atoms with Crippen molar-refractivity contribution in [1.29, 1.82) is 0 Å². The van der Waals surface area contributed by atoms with Crippen molar-refractivity contribution in [3.63, 3.8) is 0 Å². The Balaban J connectivity index is 0.961. The first-order valence-electron chi connectivity index (χ1n) is 23.7. The third-order valence-electron chi connectivity index (χ3n) is 14.5. The number of rotatable bonds is 5. The van der Waals surface area contributed by atoms with Crippen molar-refractivity contribution in [3.05, 3.63) is 253 Å². The first-order valence-corrected chi connectivity index (χ1v) is 23.7. The van der Waals surface area contributed by atoms with Gasteiger partial charge < -0.3 is 13.7 Å². The van der Waals surface area contributed by atoms with E-state index in [1.165, 1.54) is 16.5 Å². The van der Waals surface area contributed by atoms with Crippen molar-refractivity contribution in [2.45, 2.75) is 5.41 Å². The molecule has 6 heteroatoms. The van der Waals surface area contributed by atoms with E-state index in [4.69, 9.17) is 24.1 Å². The molecule has 326 valence electrons. The number of fused-ring (bicyclic) bond motifs is 15. The maximum atomic E-state index is 6.83. The number of hydrogen-bond donors (Lipinski definition) is 0. The fraction of sp³-hybridized carbons (Fsp3) is 0.0156. The van der Waals surface area contributed by atoms with E-state index < -0.39 is 5.41 Å². The smallest absolute Gasteiger partial charge is 0.164 e. The molecule has 0 saturated heterocycles. The molecule has 6 nitrogen and oxygen atoms in total. The van der Waals surface area contributed by atoms with Crippen LogP contribution in [0.2, 0.25) is 0 Å². The van der Waals surface area contributed by atoms with E-state index in [2.05, 4.69) is 199 Å². The molecule has 0 fully saturated rings. The Labute approximate surface area is 402 Å². The maximum absolute atomic E-state index is 6.83. The number of furan rings is 1.